The minimum absolute atomic E-state index is 0.206. The summed E-state index contributed by atoms with van der Waals surface area (Å²) in [6, 6.07) is 0. The molecular formula is C10H14O8. The summed E-state index contributed by atoms with van der Waals surface area (Å²) < 4.78 is 17.6. The van der Waals surface area contributed by atoms with E-state index >= 15 is 0 Å². The van der Waals surface area contributed by atoms with Gasteiger partial charge in [0, 0.05) is 0 Å². The molecule has 0 fully saturated rings. The first-order valence-corrected chi connectivity index (χ1v) is 4.94. The van der Waals surface area contributed by atoms with Gasteiger partial charge in [0.2, 0.25) is 0 Å². The quantitative estimate of drug-likeness (QED) is 0.254. The van der Waals surface area contributed by atoms with Gasteiger partial charge in [-0.15, -0.1) is 0 Å². The molecule has 0 N–H and O–H groups in total. The summed E-state index contributed by atoms with van der Waals surface area (Å²) in [5, 5.41) is 0. The van der Waals surface area contributed by atoms with Gasteiger partial charge in [0.15, 0.2) is 0 Å². The molecule has 0 saturated carbocycles. The smallest absolute Gasteiger partial charge is 0.317 e. The largest absolute Gasteiger partial charge is 0.469 e. The topological polar surface area (TPSA) is 105 Å². The van der Waals surface area contributed by atoms with E-state index in [2.05, 4.69) is 18.9 Å². The second-order valence-corrected chi connectivity index (χ2v) is 2.95. The molecule has 0 aliphatic rings. The van der Waals surface area contributed by atoms with Crippen molar-refractivity contribution in [1.29, 1.82) is 0 Å². The molecule has 0 aromatic carbocycles. The van der Waals surface area contributed by atoms with E-state index in [-0.39, 0.29) is 13.2 Å². The van der Waals surface area contributed by atoms with Crippen LogP contribution in [0.3, 0.4) is 0 Å². The molecular weight excluding hydrogens is 248 g/mol. The van der Waals surface area contributed by atoms with Crippen LogP contribution in [0, 0.1) is 0 Å². The molecule has 0 aromatic rings. The molecule has 0 aliphatic carbocycles. The van der Waals surface area contributed by atoms with E-state index in [1.165, 1.54) is 0 Å². The third kappa shape index (κ3) is 8.08. The first-order valence-electron chi connectivity index (χ1n) is 4.94. The van der Waals surface area contributed by atoms with Crippen molar-refractivity contribution in [3.63, 3.8) is 0 Å². The third-order valence-electron chi connectivity index (χ3n) is 1.64. The Morgan fingerprint density at radius 3 is 1.28 bits per heavy atom. The Bertz CT molecular complexity index is 290. The maximum atomic E-state index is 10.9. The van der Waals surface area contributed by atoms with Crippen molar-refractivity contribution in [2.75, 3.05) is 27.4 Å². The molecule has 0 heterocycles. The third-order valence-corrected chi connectivity index (χ3v) is 1.64. The lowest BCUT2D eigenvalue weighted by Crippen LogP contribution is -2.18. The fourth-order valence-corrected chi connectivity index (χ4v) is 0.793. The van der Waals surface area contributed by atoms with Crippen molar-refractivity contribution in [2.24, 2.45) is 0 Å². The van der Waals surface area contributed by atoms with E-state index in [9.17, 15) is 19.2 Å². The predicted octanol–water partition coefficient (Wildman–Crippen LogP) is -0.801. The Labute approximate surface area is 103 Å². The van der Waals surface area contributed by atoms with Gasteiger partial charge in [0.25, 0.3) is 0 Å². The van der Waals surface area contributed by atoms with Crippen molar-refractivity contribution >= 4 is 23.9 Å². The van der Waals surface area contributed by atoms with Crippen LogP contribution in [0.25, 0.3) is 0 Å². The second kappa shape index (κ2) is 8.97. The average Bonchev–Trinajstić information content (AvgIpc) is 2.34. The molecule has 0 aromatic heterocycles. The lowest BCUT2D eigenvalue weighted by atomic mass is 10.4. The van der Waals surface area contributed by atoms with Crippen molar-refractivity contribution in [1.82, 2.24) is 0 Å². The van der Waals surface area contributed by atoms with E-state index in [4.69, 9.17) is 0 Å². The molecule has 0 rings (SSSR count). The Morgan fingerprint density at radius 2 is 1.00 bits per heavy atom. The Hall–Kier alpha value is -2.12. The van der Waals surface area contributed by atoms with Crippen molar-refractivity contribution < 1.29 is 38.1 Å². The number of esters is 4. The summed E-state index contributed by atoms with van der Waals surface area (Å²) in [5.41, 5.74) is 0. The van der Waals surface area contributed by atoms with Crippen LogP contribution in [0.5, 0.6) is 0 Å². The van der Waals surface area contributed by atoms with Crippen LogP contribution < -0.4 is 0 Å². The monoisotopic (exact) mass is 262 g/mol. The van der Waals surface area contributed by atoms with Gasteiger partial charge in [-0.05, 0) is 0 Å². The van der Waals surface area contributed by atoms with Gasteiger partial charge in [0.1, 0.15) is 26.1 Å². The zero-order valence-corrected chi connectivity index (χ0v) is 10.1. The van der Waals surface area contributed by atoms with Crippen LogP contribution in [-0.2, 0) is 38.1 Å². The van der Waals surface area contributed by atoms with E-state index in [1.807, 2.05) is 0 Å². The van der Waals surface area contributed by atoms with Crippen LogP contribution in [0.2, 0.25) is 0 Å². The highest BCUT2D eigenvalue weighted by molar-refractivity contribution is 5.91. The highest BCUT2D eigenvalue weighted by atomic mass is 16.6. The highest BCUT2D eigenvalue weighted by Gasteiger charge is 2.12. The number of carbonyl (C=O) groups excluding carboxylic acids is 4. The summed E-state index contributed by atoms with van der Waals surface area (Å²) in [6.07, 6.45) is -1.01. The molecule has 8 nitrogen and oxygen atoms in total. The summed E-state index contributed by atoms with van der Waals surface area (Å²) in [4.78, 5) is 43.2. The standard InChI is InChI=1S/C10H14O8/c1-15-7(11)5-9(13)17-3-4-18-10(14)6-8(12)16-2/h3-6H2,1-2H3. The van der Waals surface area contributed by atoms with Crippen molar-refractivity contribution in [3.8, 4) is 0 Å². The maximum Gasteiger partial charge on any atom is 0.317 e. The Balaban J connectivity index is 3.61. The first kappa shape index (κ1) is 15.9. The number of methoxy groups -OCH3 is 2. The van der Waals surface area contributed by atoms with E-state index in [0.717, 1.165) is 14.2 Å². The lowest BCUT2D eigenvalue weighted by molar-refractivity contribution is -0.159. The number of rotatable bonds is 7. The van der Waals surface area contributed by atoms with Gasteiger partial charge < -0.3 is 18.9 Å². The number of hydrogen-bond acceptors (Lipinski definition) is 8. The van der Waals surface area contributed by atoms with Crippen LogP contribution in [-0.4, -0.2) is 51.3 Å². The fraction of sp³-hybridized carbons (Fsp3) is 0.600. The van der Waals surface area contributed by atoms with E-state index in [0.29, 0.717) is 0 Å². The van der Waals surface area contributed by atoms with Gasteiger partial charge in [-0.2, -0.15) is 0 Å². The molecule has 0 bridgehead atoms. The zero-order chi connectivity index (χ0) is 14.0. The van der Waals surface area contributed by atoms with Gasteiger partial charge >= 0.3 is 23.9 Å². The van der Waals surface area contributed by atoms with Gasteiger partial charge in [-0.25, -0.2) is 0 Å². The second-order valence-electron chi connectivity index (χ2n) is 2.95. The molecule has 18 heavy (non-hydrogen) atoms. The van der Waals surface area contributed by atoms with Crippen molar-refractivity contribution in [3.05, 3.63) is 0 Å². The zero-order valence-electron chi connectivity index (χ0n) is 10.1. The predicted molar refractivity (Wildman–Crippen MR) is 55.2 cm³/mol. The van der Waals surface area contributed by atoms with Crippen LogP contribution in [0.15, 0.2) is 0 Å². The molecule has 102 valence electrons. The molecule has 8 heteroatoms. The number of hydrogen-bond donors (Lipinski definition) is 0. The summed E-state index contributed by atoms with van der Waals surface area (Å²) >= 11 is 0. The Kier molecular flexibility index (Phi) is 7.91. The molecule has 0 atom stereocenters. The van der Waals surface area contributed by atoms with E-state index < -0.39 is 36.7 Å². The first-order chi connectivity index (χ1) is 8.49. The van der Waals surface area contributed by atoms with Gasteiger partial charge in [-0.1, -0.05) is 0 Å². The molecule has 0 unspecified atom stereocenters. The molecule has 0 spiro atoms. The van der Waals surface area contributed by atoms with Gasteiger partial charge in [-0.3, -0.25) is 19.2 Å². The van der Waals surface area contributed by atoms with Crippen LogP contribution in [0.1, 0.15) is 12.8 Å². The molecule has 0 saturated heterocycles. The SMILES string of the molecule is COC(=O)CC(=O)OCCOC(=O)CC(=O)OC. The Morgan fingerprint density at radius 1 is 0.667 bits per heavy atom. The maximum absolute atomic E-state index is 10.9. The van der Waals surface area contributed by atoms with Crippen LogP contribution >= 0.6 is 0 Å². The molecule has 0 amide bonds. The lowest BCUT2D eigenvalue weighted by Gasteiger charge is -2.05. The summed E-state index contributed by atoms with van der Waals surface area (Å²) in [7, 11) is 2.29. The minimum Gasteiger partial charge on any atom is -0.469 e. The van der Waals surface area contributed by atoms with Gasteiger partial charge in [0.05, 0.1) is 14.2 Å². The number of ether oxygens (including phenoxy) is 4. The average molecular weight is 262 g/mol. The summed E-state index contributed by atoms with van der Waals surface area (Å²) in [5.74, 6) is -3.01. The molecule has 0 radical (unpaired) electrons. The normalized spacial score (nSPS) is 9.22. The van der Waals surface area contributed by atoms with E-state index in [1.54, 1.807) is 0 Å². The van der Waals surface area contributed by atoms with Crippen molar-refractivity contribution in [2.45, 2.75) is 12.8 Å². The number of carbonyl (C=O) groups is 4. The summed E-state index contributed by atoms with van der Waals surface area (Å²) in [6.45, 7) is -0.411. The molecule has 0 aliphatic heterocycles. The van der Waals surface area contributed by atoms with Crippen LogP contribution in [0.4, 0.5) is 0 Å². The fourth-order valence-electron chi connectivity index (χ4n) is 0.793. The minimum atomic E-state index is -0.786. The highest BCUT2D eigenvalue weighted by Crippen LogP contribution is 1.92.